The first-order chi connectivity index (χ1) is 5.40. The number of aliphatic hydroxyl groups is 1. The van der Waals surface area contributed by atoms with E-state index in [1.165, 1.54) is 12.8 Å². The molecular weight excluding hydrogens is 142 g/mol. The molecule has 1 heterocycles. The Balaban J connectivity index is 1.91. The highest BCUT2D eigenvalue weighted by Gasteiger charge is 2.33. The van der Waals surface area contributed by atoms with Crippen LogP contribution in [0.25, 0.3) is 0 Å². The molecule has 0 unspecified atom stereocenters. The molecule has 0 aromatic carbocycles. The second-order valence-corrected chi connectivity index (χ2v) is 3.42. The molecule has 3 atom stereocenters. The first-order valence-corrected chi connectivity index (χ1v) is 4.40. The van der Waals surface area contributed by atoms with Crippen LogP contribution in [-0.2, 0) is 4.74 Å². The smallest absolute Gasteiger partial charge is 0.0934 e. The number of ether oxygens (including phenoxy) is 1. The second-order valence-electron chi connectivity index (χ2n) is 3.42. The van der Waals surface area contributed by atoms with Gasteiger partial charge in [-0.25, -0.2) is 0 Å². The van der Waals surface area contributed by atoms with Gasteiger partial charge in [0.15, 0.2) is 0 Å². The van der Waals surface area contributed by atoms with Crippen LogP contribution in [0.3, 0.4) is 0 Å². The molecule has 0 spiro atoms. The predicted octanol–water partition coefficient (Wildman–Crippen LogP) is -0.112. The van der Waals surface area contributed by atoms with Crippen molar-refractivity contribution >= 4 is 0 Å². The zero-order valence-corrected chi connectivity index (χ0v) is 6.62. The van der Waals surface area contributed by atoms with Gasteiger partial charge in [0.2, 0.25) is 0 Å². The summed E-state index contributed by atoms with van der Waals surface area (Å²) in [6.07, 6.45) is 4.08. The van der Waals surface area contributed by atoms with Gasteiger partial charge in [0.1, 0.15) is 0 Å². The SMILES string of the molecule is OC[C@@H]1CN[C@@H]2CCC[C@@H]2O1. The normalized spacial score (nSPS) is 43.9. The summed E-state index contributed by atoms with van der Waals surface area (Å²) in [5, 5.41) is 12.2. The minimum absolute atomic E-state index is 0.0364. The largest absolute Gasteiger partial charge is 0.394 e. The van der Waals surface area contributed by atoms with E-state index in [-0.39, 0.29) is 12.7 Å². The topological polar surface area (TPSA) is 41.5 Å². The van der Waals surface area contributed by atoms with Gasteiger partial charge in [-0.2, -0.15) is 0 Å². The molecule has 1 aliphatic carbocycles. The fourth-order valence-electron chi connectivity index (χ4n) is 2.01. The highest BCUT2D eigenvalue weighted by molar-refractivity contribution is 4.89. The first kappa shape index (κ1) is 7.53. The van der Waals surface area contributed by atoms with Gasteiger partial charge in [-0.05, 0) is 19.3 Å². The average Bonchev–Trinajstić information content (AvgIpc) is 2.50. The van der Waals surface area contributed by atoms with Gasteiger partial charge in [0.25, 0.3) is 0 Å². The van der Waals surface area contributed by atoms with Crippen LogP contribution in [0.15, 0.2) is 0 Å². The van der Waals surface area contributed by atoms with Crippen LogP contribution in [0, 0.1) is 0 Å². The van der Waals surface area contributed by atoms with Gasteiger partial charge in [-0.1, -0.05) is 0 Å². The van der Waals surface area contributed by atoms with Crippen molar-refractivity contribution in [2.45, 2.75) is 37.5 Å². The van der Waals surface area contributed by atoms with Crippen LogP contribution >= 0.6 is 0 Å². The van der Waals surface area contributed by atoms with Crippen molar-refractivity contribution in [3.05, 3.63) is 0 Å². The molecular formula is C8H15NO2. The minimum atomic E-state index is 0.0364. The molecule has 0 amide bonds. The number of hydrogen-bond acceptors (Lipinski definition) is 3. The molecule has 0 bridgehead atoms. The number of aliphatic hydroxyl groups excluding tert-OH is 1. The molecule has 3 nitrogen and oxygen atoms in total. The van der Waals surface area contributed by atoms with E-state index in [4.69, 9.17) is 9.84 Å². The monoisotopic (exact) mass is 157 g/mol. The Hall–Kier alpha value is -0.120. The van der Waals surface area contributed by atoms with E-state index < -0.39 is 0 Å². The quantitative estimate of drug-likeness (QED) is 0.558. The Morgan fingerprint density at radius 1 is 1.45 bits per heavy atom. The highest BCUT2D eigenvalue weighted by Crippen LogP contribution is 2.25. The van der Waals surface area contributed by atoms with Crippen molar-refractivity contribution < 1.29 is 9.84 Å². The number of fused-ring (bicyclic) bond motifs is 1. The summed E-state index contributed by atoms with van der Waals surface area (Å²) in [5.74, 6) is 0. The Morgan fingerprint density at radius 3 is 3.18 bits per heavy atom. The average molecular weight is 157 g/mol. The Labute approximate surface area is 66.7 Å². The summed E-state index contributed by atoms with van der Waals surface area (Å²) in [5.41, 5.74) is 0. The number of morpholine rings is 1. The summed E-state index contributed by atoms with van der Waals surface area (Å²) in [7, 11) is 0. The van der Waals surface area contributed by atoms with Crippen LogP contribution in [0.1, 0.15) is 19.3 Å². The molecule has 0 aromatic heterocycles. The third-order valence-electron chi connectivity index (χ3n) is 2.63. The number of rotatable bonds is 1. The Bertz CT molecular complexity index is 140. The highest BCUT2D eigenvalue weighted by atomic mass is 16.5. The molecule has 3 heteroatoms. The second kappa shape index (κ2) is 3.09. The lowest BCUT2D eigenvalue weighted by Gasteiger charge is -2.32. The number of nitrogens with one attached hydrogen (secondary N) is 1. The molecule has 2 aliphatic rings. The fraction of sp³-hybridized carbons (Fsp3) is 1.00. The van der Waals surface area contributed by atoms with Crippen molar-refractivity contribution in [1.29, 1.82) is 0 Å². The number of hydrogen-bond donors (Lipinski definition) is 2. The molecule has 2 N–H and O–H groups in total. The van der Waals surface area contributed by atoms with E-state index >= 15 is 0 Å². The Kier molecular flexibility index (Phi) is 2.11. The lowest BCUT2D eigenvalue weighted by molar-refractivity contribution is -0.0720. The van der Waals surface area contributed by atoms with Gasteiger partial charge >= 0.3 is 0 Å². The zero-order chi connectivity index (χ0) is 7.68. The van der Waals surface area contributed by atoms with Crippen LogP contribution in [0.2, 0.25) is 0 Å². The van der Waals surface area contributed by atoms with Crippen molar-refractivity contribution in [1.82, 2.24) is 5.32 Å². The van der Waals surface area contributed by atoms with E-state index in [1.54, 1.807) is 0 Å². The lowest BCUT2D eigenvalue weighted by atomic mass is 10.1. The molecule has 1 saturated heterocycles. The summed E-state index contributed by atoms with van der Waals surface area (Å²) < 4.78 is 5.65. The van der Waals surface area contributed by atoms with Crippen molar-refractivity contribution in [3.8, 4) is 0 Å². The maximum absolute atomic E-state index is 8.85. The molecule has 1 aliphatic heterocycles. The van der Waals surface area contributed by atoms with Crippen molar-refractivity contribution in [2.75, 3.05) is 13.2 Å². The Morgan fingerprint density at radius 2 is 2.36 bits per heavy atom. The molecule has 64 valence electrons. The van der Waals surface area contributed by atoms with Gasteiger partial charge in [0, 0.05) is 12.6 Å². The molecule has 0 radical (unpaired) electrons. The molecule has 2 rings (SSSR count). The van der Waals surface area contributed by atoms with E-state index in [9.17, 15) is 0 Å². The van der Waals surface area contributed by atoms with E-state index in [1.807, 2.05) is 0 Å². The predicted molar refractivity (Wildman–Crippen MR) is 41.4 cm³/mol. The van der Waals surface area contributed by atoms with Gasteiger partial charge < -0.3 is 15.2 Å². The maximum atomic E-state index is 8.85. The van der Waals surface area contributed by atoms with Crippen molar-refractivity contribution in [2.24, 2.45) is 0 Å². The summed E-state index contributed by atoms with van der Waals surface area (Å²) >= 11 is 0. The minimum Gasteiger partial charge on any atom is -0.394 e. The van der Waals surface area contributed by atoms with Crippen molar-refractivity contribution in [3.63, 3.8) is 0 Å². The first-order valence-electron chi connectivity index (χ1n) is 4.40. The van der Waals surface area contributed by atoms with Gasteiger partial charge in [0.05, 0.1) is 18.8 Å². The zero-order valence-electron chi connectivity index (χ0n) is 6.62. The summed E-state index contributed by atoms with van der Waals surface area (Å²) in [4.78, 5) is 0. The van der Waals surface area contributed by atoms with E-state index in [0.29, 0.717) is 12.1 Å². The van der Waals surface area contributed by atoms with Crippen LogP contribution in [-0.4, -0.2) is 36.5 Å². The third kappa shape index (κ3) is 1.41. The lowest BCUT2D eigenvalue weighted by Crippen LogP contribution is -2.50. The third-order valence-corrected chi connectivity index (χ3v) is 2.63. The van der Waals surface area contributed by atoms with E-state index in [0.717, 1.165) is 13.0 Å². The molecule has 1 saturated carbocycles. The fourth-order valence-corrected chi connectivity index (χ4v) is 2.01. The van der Waals surface area contributed by atoms with Crippen LogP contribution in [0.4, 0.5) is 0 Å². The molecule has 11 heavy (non-hydrogen) atoms. The van der Waals surface area contributed by atoms with Crippen LogP contribution < -0.4 is 5.32 Å². The van der Waals surface area contributed by atoms with E-state index in [2.05, 4.69) is 5.32 Å². The summed E-state index contributed by atoms with van der Waals surface area (Å²) in [6.45, 7) is 0.966. The van der Waals surface area contributed by atoms with Crippen LogP contribution in [0.5, 0.6) is 0 Å². The van der Waals surface area contributed by atoms with Gasteiger partial charge in [-0.15, -0.1) is 0 Å². The molecule has 0 aromatic rings. The molecule has 2 fully saturated rings. The summed E-state index contributed by atoms with van der Waals surface area (Å²) in [6, 6.07) is 0.567. The standard InChI is InChI=1S/C8H15NO2/c10-5-6-4-9-7-2-1-3-8(7)11-6/h6-10H,1-5H2/t6-,7+,8-/m0/s1. The van der Waals surface area contributed by atoms with Gasteiger partial charge in [-0.3, -0.25) is 0 Å². The maximum Gasteiger partial charge on any atom is 0.0934 e.